The average molecular weight is 267 g/mol. The molecule has 0 aliphatic carbocycles. The van der Waals surface area contributed by atoms with Crippen molar-refractivity contribution in [1.29, 1.82) is 0 Å². The van der Waals surface area contributed by atoms with Gasteiger partial charge >= 0.3 is 0 Å². The highest BCUT2D eigenvalue weighted by molar-refractivity contribution is 9.10. The number of aryl methyl sites for hydroxylation is 2. The van der Waals surface area contributed by atoms with Crippen LogP contribution < -0.4 is 5.73 Å². The second-order valence-electron chi connectivity index (χ2n) is 3.48. The summed E-state index contributed by atoms with van der Waals surface area (Å²) in [4.78, 5) is 0. The van der Waals surface area contributed by atoms with Gasteiger partial charge in [0.25, 0.3) is 0 Å². The Morgan fingerprint density at radius 2 is 2.07 bits per heavy atom. The summed E-state index contributed by atoms with van der Waals surface area (Å²) >= 11 is 3.37. The molecule has 2 N–H and O–H groups in total. The van der Waals surface area contributed by atoms with Gasteiger partial charge in [-0.1, -0.05) is 5.21 Å². The van der Waals surface area contributed by atoms with Gasteiger partial charge in [0.2, 0.25) is 0 Å². The van der Waals surface area contributed by atoms with E-state index >= 15 is 0 Å². The third-order valence-corrected chi connectivity index (χ3v) is 2.69. The van der Waals surface area contributed by atoms with Crippen molar-refractivity contribution >= 4 is 21.6 Å². The molecule has 1 aromatic heterocycles. The standard InChI is InChI=1S/C10H11BrN4/c1-6-3-7(5-8(12)4-6)9-10(11)13-14-15(9)2/h3-5H,12H2,1-2H3. The molecule has 0 aliphatic heterocycles. The SMILES string of the molecule is Cc1cc(N)cc(-c2c(Br)nnn2C)c1. The van der Waals surface area contributed by atoms with Gasteiger partial charge in [0, 0.05) is 18.3 Å². The van der Waals surface area contributed by atoms with Gasteiger partial charge in [-0.05, 0) is 46.6 Å². The van der Waals surface area contributed by atoms with Gasteiger partial charge < -0.3 is 5.73 Å². The Labute approximate surface area is 96.2 Å². The van der Waals surface area contributed by atoms with Gasteiger partial charge in [0.1, 0.15) is 5.69 Å². The van der Waals surface area contributed by atoms with Gasteiger partial charge in [0.05, 0.1) is 0 Å². The quantitative estimate of drug-likeness (QED) is 0.805. The van der Waals surface area contributed by atoms with Crippen LogP contribution in [-0.2, 0) is 7.05 Å². The van der Waals surface area contributed by atoms with Crippen molar-refractivity contribution in [3.05, 3.63) is 28.4 Å². The molecule has 0 spiro atoms. The summed E-state index contributed by atoms with van der Waals surface area (Å²) < 4.78 is 2.45. The lowest BCUT2D eigenvalue weighted by molar-refractivity contribution is 0.720. The second-order valence-corrected chi connectivity index (χ2v) is 4.24. The van der Waals surface area contributed by atoms with E-state index < -0.39 is 0 Å². The van der Waals surface area contributed by atoms with E-state index in [2.05, 4.69) is 32.3 Å². The molecule has 0 amide bonds. The molecule has 1 aromatic carbocycles. The maximum atomic E-state index is 5.80. The summed E-state index contributed by atoms with van der Waals surface area (Å²) in [5.74, 6) is 0. The van der Waals surface area contributed by atoms with Crippen molar-refractivity contribution in [1.82, 2.24) is 15.0 Å². The van der Waals surface area contributed by atoms with E-state index in [-0.39, 0.29) is 0 Å². The number of aromatic nitrogens is 3. The third-order valence-electron chi connectivity index (χ3n) is 2.16. The molecule has 15 heavy (non-hydrogen) atoms. The van der Waals surface area contributed by atoms with Crippen LogP contribution in [-0.4, -0.2) is 15.0 Å². The Morgan fingerprint density at radius 3 is 2.60 bits per heavy atom. The highest BCUT2D eigenvalue weighted by atomic mass is 79.9. The van der Waals surface area contributed by atoms with Crippen LogP contribution in [0.15, 0.2) is 22.8 Å². The Kier molecular flexibility index (Phi) is 2.48. The largest absolute Gasteiger partial charge is 0.399 e. The molecule has 2 rings (SSSR count). The zero-order valence-corrected chi connectivity index (χ0v) is 10.1. The van der Waals surface area contributed by atoms with Crippen LogP contribution in [0.1, 0.15) is 5.56 Å². The molecular formula is C10H11BrN4. The Bertz CT molecular complexity index is 464. The number of halogens is 1. The van der Waals surface area contributed by atoms with Gasteiger partial charge in [-0.25, -0.2) is 4.68 Å². The lowest BCUT2D eigenvalue weighted by Crippen LogP contribution is -1.95. The molecule has 1 heterocycles. The molecule has 5 heteroatoms. The maximum Gasteiger partial charge on any atom is 0.156 e. The minimum atomic E-state index is 0.731. The van der Waals surface area contributed by atoms with E-state index in [1.165, 1.54) is 0 Å². The minimum absolute atomic E-state index is 0.731. The van der Waals surface area contributed by atoms with Crippen molar-refractivity contribution in [2.24, 2.45) is 7.05 Å². The van der Waals surface area contributed by atoms with Gasteiger partial charge in [-0.3, -0.25) is 0 Å². The number of anilines is 1. The average Bonchev–Trinajstić information content (AvgIpc) is 2.44. The Balaban J connectivity index is 2.63. The molecule has 0 bridgehead atoms. The zero-order chi connectivity index (χ0) is 11.0. The summed E-state index contributed by atoms with van der Waals surface area (Å²) in [6, 6.07) is 5.90. The highest BCUT2D eigenvalue weighted by Crippen LogP contribution is 2.27. The first-order valence-corrected chi connectivity index (χ1v) is 5.30. The summed E-state index contributed by atoms with van der Waals surface area (Å²) in [7, 11) is 1.85. The minimum Gasteiger partial charge on any atom is -0.399 e. The topological polar surface area (TPSA) is 56.7 Å². The van der Waals surface area contributed by atoms with Gasteiger partial charge in [-0.15, -0.1) is 5.10 Å². The van der Waals surface area contributed by atoms with Crippen molar-refractivity contribution in [3.8, 4) is 11.3 Å². The zero-order valence-electron chi connectivity index (χ0n) is 8.53. The van der Waals surface area contributed by atoms with E-state index in [0.717, 1.165) is 27.1 Å². The molecule has 4 nitrogen and oxygen atoms in total. The van der Waals surface area contributed by atoms with Crippen LogP contribution in [0.3, 0.4) is 0 Å². The summed E-state index contributed by atoms with van der Waals surface area (Å²) in [6.45, 7) is 2.01. The Morgan fingerprint density at radius 1 is 1.33 bits per heavy atom. The van der Waals surface area contributed by atoms with Crippen molar-refractivity contribution < 1.29 is 0 Å². The van der Waals surface area contributed by atoms with Crippen LogP contribution in [0, 0.1) is 6.92 Å². The number of nitrogens with zero attached hydrogens (tertiary/aromatic N) is 3. The van der Waals surface area contributed by atoms with Gasteiger partial charge in [-0.2, -0.15) is 0 Å². The van der Waals surface area contributed by atoms with Crippen molar-refractivity contribution in [2.75, 3.05) is 5.73 Å². The first-order chi connectivity index (χ1) is 7.08. The Hall–Kier alpha value is -1.36. The number of rotatable bonds is 1. The monoisotopic (exact) mass is 266 g/mol. The lowest BCUT2D eigenvalue weighted by Gasteiger charge is -2.04. The molecular weight excluding hydrogens is 256 g/mol. The first-order valence-electron chi connectivity index (χ1n) is 4.50. The fourth-order valence-electron chi connectivity index (χ4n) is 1.59. The normalized spacial score (nSPS) is 10.6. The summed E-state index contributed by atoms with van der Waals surface area (Å²) in [6.07, 6.45) is 0. The highest BCUT2D eigenvalue weighted by Gasteiger charge is 2.10. The summed E-state index contributed by atoms with van der Waals surface area (Å²) in [5.41, 5.74) is 9.63. The van der Waals surface area contributed by atoms with Crippen molar-refractivity contribution in [3.63, 3.8) is 0 Å². The molecule has 0 saturated carbocycles. The molecule has 0 unspecified atom stereocenters. The van der Waals surface area contributed by atoms with Crippen LogP contribution in [0.25, 0.3) is 11.3 Å². The second kappa shape index (κ2) is 3.66. The van der Waals surface area contributed by atoms with E-state index in [4.69, 9.17) is 5.73 Å². The van der Waals surface area contributed by atoms with Crippen LogP contribution >= 0.6 is 15.9 Å². The molecule has 0 fully saturated rings. The fourth-order valence-corrected chi connectivity index (χ4v) is 2.14. The predicted molar refractivity (Wildman–Crippen MR) is 63.3 cm³/mol. The van der Waals surface area contributed by atoms with E-state index in [1.807, 2.05) is 26.1 Å². The summed E-state index contributed by atoms with van der Waals surface area (Å²) in [5, 5.41) is 7.87. The maximum absolute atomic E-state index is 5.80. The van der Waals surface area contributed by atoms with Crippen LogP contribution in [0.5, 0.6) is 0 Å². The number of nitrogen functional groups attached to an aromatic ring is 1. The lowest BCUT2D eigenvalue weighted by atomic mass is 10.1. The van der Waals surface area contributed by atoms with Gasteiger partial charge in [0.15, 0.2) is 4.60 Å². The fraction of sp³-hybridized carbons (Fsp3) is 0.200. The number of hydrogen-bond acceptors (Lipinski definition) is 3. The van der Waals surface area contributed by atoms with Crippen LogP contribution in [0.4, 0.5) is 5.69 Å². The van der Waals surface area contributed by atoms with E-state index in [0.29, 0.717) is 0 Å². The van der Waals surface area contributed by atoms with Crippen LogP contribution in [0.2, 0.25) is 0 Å². The predicted octanol–water partition coefficient (Wildman–Crippen LogP) is 2.14. The molecule has 0 aliphatic rings. The molecule has 0 radical (unpaired) electrons. The number of nitrogens with two attached hydrogens (primary N) is 1. The molecule has 0 atom stereocenters. The molecule has 2 aromatic rings. The number of benzene rings is 1. The van der Waals surface area contributed by atoms with E-state index in [1.54, 1.807) is 4.68 Å². The molecule has 0 saturated heterocycles. The number of hydrogen-bond donors (Lipinski definition) is 1. The van der Waals surface area contributed by atoms with E-state index in [9.17, 15) is 0 Å². The molecule has 78 valence electrons. The third kappa shape index (κ3) is 1.87. The smallest absolute Gasteiger partial charge is 0.156 e. The van der Waals surface area contributed by atoms with Crippen molar-refractivity contribution in [2.45, 2.75) is 6.92 Å². The first kappa shape index (κ1) is 10.2.